The van der Waals surface area contributed by atoms with E-state index in [-0.39, 0.29) is 5.91 Å². The van der Waals surface area contributed by atoms with Crippen molar-refractivity contribution in [2.75, 3.05) is 44.7 Å². The first kappa shape index (κ1) is 18.6. The third-order valence-corrected chi connectivity index (χ3v) is 4.40. The Kier molecular flexibility index (Phi) is 6.38. The number of aromatic nitrogens is 2. The number of carbonyl (C=O) groups excluding carboxylic acids is 1. The number of amides is 1. The van der Waals surface area contributed by atoms with Crippen LogP contribution in [0.2, 0.25) is 5.02 Å². The van der Waals surface area contributed by atoms with Gasteiger partial charge in [0.15, 0.2) is 0 Å². The molecule has 0 saturated carbocycles. The maximum atomic E-state index is 12.3. The molecular formula is C18H22ClN5O2. The van der Waals surface area contributed by atoms with Gasteiger partial charge in [0.1, 0.15) is 17.8 Å². The Morgan fingerprint density at radius 1 is 1.27 bits per heavy atom. The summed E-state index contributed by atoms with van der Waals surface area (Å²) in [6, 6.07) is 7.18. The van der Waals surface area contributed by atoms with E-state index >= 15 is 0 Å². The first-order valence-corrected chi connectivity index (χ1v) is 8.93. The Morgan fingerprint density at radius 3 is 2.85 bits per heavy atom. The van der Waals surface area contributed by atoms with Crippen molar-refractivity contribution in [1.29, 1.82) is 0 Å². The Balaban J connectivity index is 1.56. The molecule has 1 aliphatic rings. The van der Waals surface area contributed by atoms with E-state index in [9.17, 15) is 4.79 Å². The summed E-state index contributed by atoms with van der Waals surface area (Å²) < 4.78 is 5.31. The number of aryl methyl sites for hydroxylation is 1. The van der Waals surface area contributed by atoms with E-state index in [1.807, 2.05) is 19.1 Å². The van der Waals surface area contributed by atoms with Crippen molar-refractivity contribution in [3.63, 3.8) is 0 Å². The van der Waals surface area contributed by atoms with Gasteiger partial charge >= 0.3 is 0 Å². The van der Waals surface area contributed by atoms with Crippen LogP contribution in [0.5, 0.6) is 0 Å². The second-order valence-corrected chi connectivity index (χ2v) is 6.52. The van der Waals surface area contributed by atoms with Crippen molar-refractivity contribution in [3.05, 3.63) is 46.9 Å². The summed E-state index contributed by atoms with van der Waals surface area (Å²) in [4.78, 5) is 22.8. The van der Waals surface area contributed by atoms with Crippen LogP contribution in [0, 0.1) is 6.92 Å². The zero-order chi connectivity index (χ0) is 18.4. The highest BCUT2D eigenvalue weighted by Gasteiger charge is 2.12. The molecule has 0 radical (unpaired) electrons. The zero-order valence-corrected chi connectivity index (χ0v) is 15.4. The van der Waals surface area contributed by atoms with Gasteiger partial charge in [-0.1, -0.05) is 11.6 Å². The lowest BCUT2D eigenvalue weighted by atomic mass is 10.2. The van der Waals surface area contributed by atoms with Crippen LogP contribution in [0.4, 0.5) is 11.5 Å². The highest BCUT2D eigenvalue weighted by Crippen LogP contribution is 2.22. The summed E-state index contributed by atoms with van der Waals surface area (Å²) in [5, 5.41) is 6.77. The number of halogens is 1. The van der Waals surface area contributed by atoms with E-state index in [1.54, 1.807) is 12.1 Å². The van der Waals surface area contributed by atoms with Crippen LogP contribution in [-0.2, 0) is 4.74 Å². The number of ether oxygens (including phenoxy) is 1. The molecule has 0 aliphatic carbocycles. The first-order valence-electron chi connectivity index (χ1n) is 8.55. The number of hydrogen-bond acceptors (Lipinski definition) is 6. The first-order chi connectivity index (χ1) is 12.6. The molecule has 1 aromatic carbocycles. The number of benzene rings is 1. The van der Waals surface area contributed by atoms with Crippen LogP contribution >= 0.6 is 11.6 Å². The predicted molar refractivity (Wildman–Crippen MR) is 101 cm³/mol. The number of nitrogens with zero attached hydrogens (tertiary/aromatic N) is 3. The fourth-order valence-corrected chi connectivity index (χ4v) is 2.92. The molecule has 1 aromatic heterocycles. The smallest absolute Gasteiger partial charge is 0.270 e. The van der Waals surface area contributed by atoms with E-state index in [2.05, 4.69) is 25.5 Å². The molecule has 0 atom stereocenters. The number of nitrogens with one attached hydrogen (secondary N) is 2. The highest BCUT2D eigenvalue weighted by atomic mass is 35.5. The molecule has 3 rings (SSSR count). The molecule has 1 saturated heterocycles. The Bertz CT molecular complexity index is 765. The van der Waals surface area contributed by atoms with Gasteiger partial charge in [-0.2, -0.15) is 0 Å². The maximum Gasteiger partial charge on any atom is 0.270 e. The summed E-state index contributed by atoms with van der Waals surface area (Å²) >= 11 is 5.97. The van der Waals surface area contributed by atoms with E-state index in [0.717, 1.165) is 44.1 Å². The third-order valence-electron chi connectivity index (χ3n) is 4.17. The normalized spacial score (nSPS) is 14.8. The summed E-state index contributed by atoms with van der Waals surface area (Å²) in [7, 11) is 0. The molecule has 8 heteroatoms. The van der Waals surface area contributed by atoms with Crippen molar-refractivity contribution in [1.82, 2.24) is 20.2 Å². The van der Waals surface area contributed by atoms with E-state index in [4.69, 9.17) is 16.3 Å². The molecule has 2 N–H and O–H groups in total. The molecule has 2 aromatic rings. The minimum absolute atomic E-state index is 0.212. The SMILES string of the molecule is Cc1cc(Cl)ccc1Nc1cc(C(=O)NCCN2CCOCC2)ncn1. The summed E-state index contributed by atoms with van der Waals surface area (Å²) in [5.74, 6) is 0.347. The molecule has 0 bridgehead atoms. The summed E-state index contributed by atoms with van der Waals surface area (Å²) in [6.07, 6.45) is 1.38. The van der Waals surface area contributed by atoms with Crippen molar-refractivity contribution in [3.8, 4) is 0 Å². The largest absolute Gasteiger partial charge is 0.379 e. The molecule has 2 heterocycles. The molecule has 0 unspecified atom stereocenters. The molecule has 7 nitrogen and oxygen atoms in total. The van der Waals surface area contributed by atoms with Crippen molar-refractivity contribution < 1.29 is 9.53 Å². The summed E-state index contributed by atoms with van der Waals surface area (Å²) in [5.41, 5.74) is 2.20. The number of hydrogen-bond donors (Lipinski definition) is 2. The Morgan fingerprint density at radius 2 is 2.08 bits per heavy atom. The lowest BCUT2D eigenvalue weighted by molar-refractivity contribution is 0.0383. The second-order valence-electron chi connectivity index (χ2n) is 6.08. The van der Waals surface area contributed by atoms with Crippen LogP contribution in [-0.4, -0.2) is 60.2 Å². The summed E-state index contributed by atoms with van der Waals surface area (Å²) in [6.45, 7) is 6.62. The van der Waals surface area contributed by atoms with Crippen molar-refractivity contribution in [2.45, 2.75) is 6.92 Å². The average Bonchev–Trinajstić information content (AvgIpc) is 2.65. The number of rotatable bonds is 6. The predicted octanol–water partition coefficient (Wildman–Crippen LogP) is 2.24. The maximum absolute atomic E-state index is 12.3. The third kappa shape index (κ3) is 5.14. The minimum Gasteiger partial charge on any atom is -0.379 e. The van der Waals surface area contributed by atoms with Gasteiger partial charge < -0.3 is 15.4 Å². The molecule has 0 spiro atoms. The van der Waals surface area contributed by atoms with Crippen molar-refractivity contribution in [2.24, 2.45) is 0 Å². The Labute approximate surface area is 157 Å². The van der Waals surface area contributed by atoms with Gasteiger partial charge in [0.25, 0.3) is 5.91 Å². The zero-order valence-electron chi connectivity index (χ0n) is 14.7. The van der Waals surface area contributed by atoms with Gasteiger partial charge in [-0.3, -0.25) is 9.69 Å². The van der Waals surface area contributed by atoms with Crippen LogP contribution in [0.25, 0.3) is 0 Å². The van der Waals surface area contributed by atoms with Gasteiger partial charge in [0.2, 0.25) is 0 Å². The van der Waals surface area contributed by atoms with Crippen LogP contribution in [0.1, 0.15) is 16.1 Å². The molecule has 138 valence electrons. The second kappa shape index (κ2) is 8.93. The number of morpholine rings is 1. The van der Waals surface area contributed by atoms with Gasteiger partial charge in [-0.05, 0) is 30.7 Å². The van der Waals surface area contributed by atoms with Gasteiger partial charge in [-0.15, -0.1) is 0 Å². The molecular weight excluding hydrogens is 354 g/mol. The molecule has 1 aliphatic heterocycles. The standard InChI is InChI=1S/C18H22ClN5O2/c1-13-10-14(19)2-3-15(13)23-17-11-16(21-12-22-17)18(25)20-4-5-24-6-8-26-9-7-24/h2-3,10-12H,4-9H2,1H3,(H,20,25)(H,21,22,23). The Hall–Kier alpha value is -2.22. The van der Waals surface area contributed by atoms with E-state index in [1.165, 1.54) is 6.33 Å². The molecule has 1 amide bonds. The van der Waals surface area contributed by atoms with Crippen LogP contribution < -0.4 is 10.6 Å². The van der Waals surface area contributed by atoms with E-state index in [0.29, 0.717) is 23.1 Å². The van der Waals surface area contributed by atoms with Gasteiger partial charge in [-0.25, -0.2) is 9.97 Å². The number of anilines is 2. The highest BCUT2D eigenvalue weighted by molar-refractivity contribution is 6.30. The quantitative estimate of drug-likeness (QED) is 0.806. The fraction of sp³-hybridized carbons (Fsp3) is 0.389. The fourth-order valence-electron chi connectivity index (χ4n) is 2.70. The topological polar surface area (TPSA) is 79.4 Å². The number of carbonyl (C=O) groups is 1. The average molecular weight is 376 g/mol. The van der Waals surface area contributed by atoms with Gasteiger partial charge in [0.05, 0.1) is 13.2 Å². The van der Waals surface area contributed by atoms with Crippen LogP contribution in [0.15, 0.2) is 30.6 Å². The molecule has 1 fully saturated rings. The minimum atomic E-state index is -0.212. The van der Waals surface area contributed by atoms with E-state index < -0.39 is 0 Å². The van der Waals surface area contributed by atoms with Crippen molar-refractivity contribution >= 4 is 29.0 Å². The molecule has 26 heavy (non-hydrogen) atoms. The monoisotopic (exact) mass is 375 g/mol. The van der Waals surface area contributed by atoms with Crippen LogP contribution in [0.3, 0.4) is 0 Å². The lowest BCUT2D eigenvalue weighted by Gasteiger charge is -2.26. The lowest BCUT2D eigenvalue weighted by Crippen LogP contribution is -2.41. The van der Waals surface area contributed by atoms with Gasteiger partial charge in [0, 0.05) is 43.0 Å².